The van der Waals surface area contributed by atoms with Gasteiger partial charge in [0.25, 0.3) is 0 Å². The Hall–Kier alpha value is -2.90. The van der Waals surface area contributed by atoms with E-state index in [1.807, 2.05) is 31.2 Å². The van der Waals surface area contributed by atoms with Crippen LogP contribution in [0.5, 0.6) is 0 Å². The second-order valence-electron chi connectivity index (χ2n) is 9.07. The van der Waals surface area contributed by atoms with Crippen LogP contribution in [0.3, 0.4) is 0 Å². The van der Waals surface area contributed by atoms with Crippen molar-refractivity contribution in [3.8, 4) is 0 Å². The first-order chi connectivity index (χ1) is 16.1. The van der Waals surface area contributed by atoms with Crippen LogP contribution in [0.15, 0.2) is 48.5 Å². The number of nitrogens with two attached hydrogens (primary N) is 1. The lowest BCUT2D eigenvalue weighted by molar-refractivity contribution is 0.104. The fourth-order valence-electron chi connectivity index (χ4n) is 4.94. The fraction of sp³-hybridized carbons (Fsp3) is 0.385. The highest BCUT2D eigenvalue weighted by molar-refractivity contribution is 7.18. The Balaban J connectivity index is 1.21. The number of hydrogen-bond donors (Lipinski definition) is 2. The van der Waals surface area contributed by atoms with Crippen molar-refractivity contribution in [3.63, 3.8) is 0 Å². The maximum atomic E-state index is 12.9. The summed E-state index contributed by atoms with van der Waals surface area (Å²) in [6.07, 6.45) is 5.22. The fourth-order valence-corrected chi connectivity index (χ4v) is 5.81. The van der Waals surface area contributed by atoms with Gasteiger partial charge in [-0.1, -0.05) is 35.1 Å². The van der Waals surface area contributed by atoms with Gasteiger partial charge in [0.1, 0.15) is 10.7 Å². The maximum Gasteiger partial charge on any atom is 0.206 e. The number of aryl methyl sites for hydroxylation is 1. The van der Waals surface area contributed by atoms with Crippen LogP contribution in [0, 0.1) is 6.92 Å². The standard InChI is InChI=1S/C26H31N5OS/c1-18-5-4-6-19(17-18)23(32)24-25(27)29-26(33-24)28-20-7-9-21(10-8-20)31-15-11-22(12-16-31)30-13-2-3-14-30/h4-10,17,22H,2-3,11-16,27H2,1H3,(H,28,29). The first kappa shape index (κ1) is 21.9. The Morgan fingerprint density at radius 2 is 1.79 bits per heavy atom. The van der Waals surface area contributed by atoms with E-state index in [-0.39, 0.29) is 11.6 Å². The molecule has 2 aromatic carbocycles. The molecule has 1 aromatic heterocycles. The van der Waals surface area contributed by atoms with Crippen molar-refractivity contribution in [1.82, 2.24) is 9.88 Å². The first-order valence-electron chi connectivity index (χ1n) is 11.8. The minimum Gasteiger partial charge on any atom is -0.382 e. The highest BCUT2D eigenvalue weighted by Crippen LogP contribution is 2.31. The Morgan fingerprint density at radius 1 is 1.06 bits per heavy atom. The molecule has 0 amide bonds. The molecule has 7 heteroatoms. The third kappa shape index (κ3) is 4.89. The van der Waals surface area contributed by atoms with Crippen LogP contribution in [0.1, 0.15) is 46.5 Å². The van der Waals surface area contributed by atoms with Crippen LogP contribution in [-0.4, -0.2) is 47.9 Å². The van der Waals surface area contributed by atoms with Crippen LogP contribution in [-0.2, 0) is 0 Å². The van der Waals surface area contributed by atoms with Gasteiger partial charge in [-0.15, -0.1) is 0 Å². The molecule has 2 aliphatic rings. The summed E-state index contributed by atoms with van der Waals surface area (Å²) in [7, 11) is 0. The molecule has 0 spiro atoms. The number of thiazole rings is 1. The van der Waals surface area contributed by atoms with E-state index in [0.717, 1.165) is 30.4 Å². The van der Waals surface area contributed by atoms with Gasteiger partial charge >= 0.3 is 0 Å². The van der Waals surface area contributed by atoms with Crippen molar-refractivity contribution >= 4 is 39.4 Å². The molecule has 2 aliphatic heterocycles. The average Bonchev–Trinajstić information content (AvgIpc) is 3.49. The lowest BCUT2D eigenvalue weighted by Crippen LogP contribution is -2.43. The van der Waals surface area contributed by atoms with E-state index in [4.69, 9.17) is 5.73 Å². The number of nitrogen functional groups attached to an aromatic ring is 1. The summed E-state index contributed by atoms with van der Waals surface area (Å²) in [6.45, 7) is 6.76. The molecule has 0 aliphatic carbocycles. The van der Waals surface area contributed by atoms with E-state index in [0.29, 0.717) is 15.6 Å². The first-order valence-corrected chi connectivity index (χ1v) is 12.6. The van der Waals surface area contributed by atoms with Crippen molar-refractivity contribution in [2.45, 2.75) is 38.6 Å². The summed E-state index contributed by atoms with van der Waals surface area (Å²) in [5.41, 5.74) is 9.95. The van der Waals surface area contributed by atoms with Gasteiger partial charge in [0, 0.05) is 36.1 Å². The minimum atomic E-state index is -0.0885. The van der Waals surface area contributed by atoms with E-state index in [2.05, 4.69) is 44.4 Å². The van der Waals surface area contributed by atoms with Crippen LogP contribution < -0.4 is 16.0 Å². The Bertz CT molecular complexity index is 1110. The predicted molar refractivity (Wildman–Crippen MR) is 137 cm³/mol. The third-order valence-corrected chi connectivity index (χ3v) is 7.73. The quantitative estimate of drug-likeness (QED) is 0.499. The Labute approximate surface area is 199 Å². The molecular formula is C26H31N5OS. The summed E-state index contributed by atoms with van der Waals surface area (Å²) in [6, 6.07) is 16.8. The molecule has 5 rings (SSSR count). The molecule has 0 radical (unpaired) electrons. The number of nitrogens with zero attached hydrogens (tertiary/aromatic N) is 3. The largest absolute Gasteiger partial charge is 0.382 e. The highest BCUT2D eigenvalue weighted by Gasteiger charge is 2.26. The molecule has 3 heterocycles. The van der Waals surface area contributed by atoms with E-state index < -0.39 is 0 Å². The van der Waals surface area contributed by atoms with Crippen LogP contribution in [0.25, 0.3) is 0 Å². The molecule has 172 valence electrons. The second kappa shape index (κ2) is 9.53. The minimum absolute atomic E-state index is 0.0885. The predicted octanol–water partition coefficient (Wildman–Crippen LogP) is 5.07. The highest BCUT2D eigenvalue weighted by atomic mass is 32.1. The molecule has 2 saturated heterocycles. The van der Waals surface area contributed by atoms with Gasteiger partial charge in [0.05, 0.1) is 0 Å². The second-order valence-corrected chi connectivity index (χ2v) is 10.1. The number of anilines is 4. The van der Waals surface area contributed by atoms with Crippen molar-refractivity contribution in [2.75, 3.05) is 42.1 Å². The van der Waals surface area contributed by atoms with Crippen molar-refractivity contribution in [2.24, 2.45) is 0 Å². The summed E-state index contributed by atoms with van der Waals surface area (Å²) < 4.78 is 0. The lowest BCUT2D eigenvalue weighted by atomic mass is 10.0. The number of nitrogens with one attached hydrogen (secondary N) is 1. The Morgan fingerprint density at radius 3 is 2.48 bits per heavy atom. The van der Waals surface area contributed by atoms with Gasteiger partial charge < -0.3 is 20.9 Å². The van der Waals surface area contributed by atoms with Crippen LogP contribution >= 0.6 is 11.3 Å². The van der Waals surface area contributed by atoms with E-state index >= 15 is 0 Å². The molecular weight excluding hydrogens is 430 g/mol. The van der Waals surface area contributed by atoms with Crippen molar-refractivity contribution < 1.29 is 4.79 Å². The lowest BCUT2D eigenvalue weighted by Gasteiger charge is -2.37. The smallest absolute Gasteiger partial charge is 0.206 e. The van der Waals surface area contributed by atoms with Gasteiger partial charge in [-0.2, -0.15) is 0 Å². The summed E-state index contributed by atoms with van der Waals surface area (Å²) >= 11 is 1.30. The maximum absolute atomic E-state index is 12.9. The molecule has 0 saturated carbocycles. The van der Waals surface area contributed by atoms with E-state index in [1.165, 1.54) is 55.8 Å². The van der Waals surface area contributed by atoms with Crippen LogP contribution in [0.2, 0.25) is 0 Å². The number of aromatic nitrogens is 1. The summed E-state index contributed by atoms with van der Waals surface area (Å²) in [5, 5.41) is 3.93. The van der Waals surface area contributed by atoms with Crippen LogP contribution in [0.4, 0.5) is 22.3 Å². The summed E-state index contributed by atoms with van der Waals surface area (Å²) in [4.78, 5) is 22.9. The topological polar surface area (TPSA) is 74.5 Å². The third-order valence-electron chi connectivity index (χ3n) is 6.75. The number of benzene rings is 2. The van der Waals surface area contributed by atoms with E-state index in [1.54, 1.807) is 0 Å². The zero-order valence-corrected chi connectivity index (χ0v) is 19.9. The van der Waals surface area contributed by atoms with Gasteiger partial charge in [0.15, 0.2) is 5.13 Å². The number of piperidine rings is 1. The number of hydrogen-bond acceptors (Lipinski definition) is 7. The van der Waals surface area contributed by atoms with Gasteiger partial charge in [-0.3, -0.25) is 4.79 Å². The normalized spacial score (nSPS) is 17.4. The molecule has 0 unspecified atom stereocenters. The molecule has 3 N–H and O–H groups in total. The number of carbonyl (C=O) groups excluding carboxylic acids is 1. The molecule has 6 nitrogen and oxygen atoms in total. The van der Waals surface area contributed by atoms with Gasteiger partial charge in [-0.05, 0) is 76.0 Å². The van der Waals surface area contributed by atoms with E-state index in [9.17, 15) is 4.79 Å². The number of rotatable bonds is 6. The molecule has 3 aromatic rings. The monoisotopic (exact) mass is 461 g/mol. The summed E-state index contributed by atoms with van der Waals surface area (Å²) in [5.74, 6) is 0.181. The number of likely N-dealkylation sites (tertiary alicyclic amines) is 1. The SMILES string of the molecule is Cc1cccc(C(=O)c2sc(Nc3ccc(N4CCC(N5CCCC5)CC4)cc3)nc2N)c1. The average molecular weight is 462 g/mol. The number of ketones is 1. The molecule has 33 heavy (non-hydrogen) atoms. The number of carbonyl (C=O) groups is 1. The van der Waals surface area contributed by atoms with Gasteiger partial charge in [0.2, 0.25) is 5.78 Å². The van der Waals surface area contributed by atoms with Gasteiger partial charge in [-0.25, -0.2) is 4.98 Å². The van der Waals surface area contributed by atoms with Crippen molar-refractivity contribution in [1.29, 1.82) is 0 Å². The zero-order valence-electron chi connectivity index (χ0n) is 19.1. The Kier molecular flexibility index (Phi) is 6.33. The van der Waals surface area contributed by atoms with Crippen molar-refractivity contribution in [3.05, 3.63) is 64.5 Å². The molecule has 0 bridgehead atoms. The molecule has 0 atom stereocenters. The molecule has 2 fully saturated rings. The zero-order chi connectivity index (χ0) is 22.8.